The van der Waals surface area contributed by atoms with E-state index >= 15 is 0 Å². The Hall–Kier alpha value is -2.66. The van der Waals surface area contributed by atoms with Gasteiger partial charge < -0.3 is 9.88 Å². The largest absolute Gasteiger partial charge is 0.347 e. The Morgan fingerprint density at radius 1 is 1.22 bits per heavy atom. The zero-order valence-corrected chi connectivity index (χ0v) is 12.9. The van der Waals surface area contributed by atoms with Gasteiger partial charge in [0.05, 0.1) is 5.52 Å². The molecule has 3 rings (SSSR count). The molecule has 4 nitrogen and oxygen atoms in total. The van der Waals surface area contributed by atoms with E-state index in [2.05, 4.69) is 5.32 Å². The molecule has 6 heteroatoms. The normalized spacial score (nSPS) is 10.7. The van der Waals surface area contributed by atoms with Gasteiger partial charge in [0.15, 0.2) is 0 Å². The smallest absolute Gasteiger partial charge is 0.261 e. The third-order valence-electron chi connectivity index (χ3n) is 3.48. The molecule has 0 aliphatic heterocycles. The predicted octanol–water partition coefficient (Wildman–Crippen LogP) is 3.58. The molecule has 0 bridgehead atoms. The van der Waals surface area contributed by atoms with Gasteiger partial charge >= 0.3 is 0 Å². The van der Waals surface area contributed by atoms with Crippen molar-refractivity contribution in [2.75, 3.05) is 5.32 Å². The number of nitrogens with one attached hydrogen (secondary N) is 1. The monoisotopic (exact) mass is 330 g/mol. The van der Waals surface area contributed by atoms with Crippen LogP contribution in [-0.2, 0) is 7.05 Å². The van der Waals surface area contributed by atoms with E-state index in [9.17, 15) is 14.0 Å². The van der Waals surface area contributed by atoms with Gasteiger partial charge in [-0.25, -0.2) is 4.39 Å². The molecule has 1 heterocycles. The number of hydrogen-bond acceptors (Lipinski definition) is 2. The number of carbonyl (C=O) groups is 1. The van der Waals surface area contributed by atoms with Crippen molar-refractivity contribution in [3.63, 3.8) is 0 Å². The van der Waals surface area contributed by atoms with E-state index < -0.39 is 17.2 Å². The van der Waals surface area contributed by atoms with Gasteiger partial charge in [0, 0.05) is 29.3 Å². The number of aromatic nitrogens is 1. The lowest BCUT2D eigenvalue weighted by Gasteiger charge is -2.10. The molecule has 0 saturated heterocycles. The molecule has 0 fully saturated rings. The summed E-state index contributed by atoms with van der Waals surface area (Å²) in [5, 5.41) is 3.24. The van der Waals surface area contributed by atoms with Crippen molar-refractivity contribution in [3.05, 3.63) is 75.3 Å². The number of hydrogen-bond donors (Lipinski definition) is 1. The van der Waals surface area contributed by atoms with Gasteiger partial charge in [-0.3, -0.25) is 9.59 Å². The van der Waals surface area contributed by atoms with Crippen LogP contribution >= 0.6 is 11.6 Å². The number of para-hydroxylation sites is 1. The van der Waals surface area contributed by atoms with E-state index in [4.69, 9.17) is 11.6 Å². The lowest BCUT2D eigenvalue weighted by molar-refractivity contribution is 0.102. The molecule has 116 valence electrons. The first-order chi connectivity index (χ1) is 11.0. The number of carbonyl (C=O) groups excluding carboxylic acids is 1. The Morgan fingerprint density at radius 3 is 2.70 bits per heavy atom. The van der Waals surface area contributed by atoms with Crippen LogP contribution in [0.4, 0.5) is 10.1 Å². The van der Waals surface area contributed by atoms with Gasteiger partial charge in [0.25, 0.3) is 5.91 Å². The lowest BCUT2D eigenvalue weighted by Crippen LogP contribution is -2.23. The van der Waals surface area contributed by atoms with E-state index in [0.717, 1.165) is 0 Å². The van der Waals surface area contributed by atoms with Gasteiger partial charge in [0.2, 0.25) is 5.43 Å². The quantitative estimate of drug-likeness (QED) is 0.780. The van der Waals surface area contributed by atoms with Crippen molar-refractivity contribution < 1.29 is 9.18 Å². The molecule has 0 spiro atoms. The van der Waals surface area contributed by atoms with Crippen LogP contribution < -0.4 is 10.7 Å². The molecule has 0 saturated carbocycles. The summed E-state index contributed by atoms with van der Waals surface area (Å²) in [7, 11) is 1.58. The fourth-order valence-electron chi connectivity index (χ4n) is 2.45. The number of benzene rings is 2. The number of fused-ring (bicyclic) bond motifs is 1. The molecular formula is C17H12ClFN2O2. The van der Waals surface area contributed by atoms with Crippen molar-refractivity contribution in [3.8, 4) is 0 Å². The van der Waals surface area contributed by atoms with Gasteiger partial charge in [-0.2, -0.15) is 0 Å². The first-order valence-electron chi connectivity index (χ1n) is 6.82. The van der Waals surface area contributed by atoms with Crippen molar-refractivity contribution in [2.45, 2.75) is 0 Å². The van der Waals surface area contributed by atoms with Crippen LogP contribution in [0.2, 0.25) is 5.02 Å². The summed E-state index contributed by atoms with van der Waals surface area (Å²) in [6.07, 6.45) is 1.33. The number of pyridine rings is 1. The Kier molecular flexibility index (Phi) is 3.88. The number of halogens is 2. The molecule has 0 unspecified atom stereocenters. The van der Waals surface area contributed by atoms with Crippen molar-refractivity contribution in [1.82, 2.24) is 4.57 Å². The molecule has 3 aromatic rings. The van der Waals surface area contributed by atoms with Crippen LogP contribution in [0.25, 0.3) is 10.9 Å². The predicted molar refractivity (Wildman–Crippen MR) is 88.6 cm³/mol. The average Bonchev–Trinajstić information content (AvgIpc) is 2.50. The highest BCUT2D eigenvalue weighted by atomic mass is 35.5. The molecule has 1 N–H and O–H groups in total. The Morgan fingerprint density at radius 2 is 1.96 bits per heavy atom. The van der Waals surface area contributed by atoms with Crippen LogP contribution in [0.3, 0.4) is 0 Å². The standard InChI is InChI=1S/C17H12ClFN2O2/c1-21-9-13(16(22)12-6-3-7-14(19)15(12)21)17(23)20-11-5-2-4-10(18)8-11/h2-9H,1H3,(H,20,23). The van der Waals surface area contributed by atoms with Gasteiger partial charge in [-0.1, -0.05) is 23.7 Å². The minimum Gasteiger partial charge on any atom is -0.347 e. The minimum atomic E-state index is -0.570. The minimum absolute atomic E-state index is 0.0643. The number of anilines is 1. The summed E-state index contributed by atoms with van der Waals surface area (Å²) in [5.74, 6) is -1.08. The van der Waals surface area contributed by atoms with E-state index in [0.29, 0.717) is 10.7 Å². The molecule has 2 aromatic carbocycles. The second-order valence-corrected chi connectivity index (χ2v) is 5.52. The van der Waals surface area contributed by atoms with Crippen LogP contribution in [0.5, 0.6) is 0 Å². The summed E-state index contributed by atoms with van der Waals surface area (Å²) in [6, 6.07) is 10.8. The fourth-order valence-corrected chi connectivity index (χ4v) is 2.64. The van der Waals surface area contributed by atoms with Gasteiger partial charge in [-0.05, 0) is 30.3 Å². The Bertz CT molecular complexity index is 982. The maximum Gasteiger partial charge on any atom is 0.261 e. The molecule has 23 heavy (non-hydrogen) atoms. The number of nitrogens with zero attached hydrogens (tertiary/aromatic N) is 1. The van der Waals surface area contributed by atoms with E-state index in [1.165, 1.54) is 29.0 Å². The fraction of sp³-hybridized carbons (Fsp3) is 0.0588. The summed E-state index contributed by atoms with van der Waals surface area (Å²) in [6.45, 7) is 0. The second-order valence-electron chi connectivity index (χ2n) is 5.08. The van der Waals surface area contributed by atoms with Crippen LogP contribution in [0.15, 0.2) is 53.5 Å². The first-order valence-corrected chi connectivity index (χ1v) is 7.20. The number of rotatable bonds is 2. The lowest BCUT2D eigenvalue weighted by atomic mass is 10.1. The summed E-state index contributed by atoms with van der Waals surface area (Å²) in [4.78, 5) is 24.8. The van der Waals surface area contributed by atoms with E-state index in [1.54, 1.807) is 31.3 Å². The van der Waals surface area contributed by atoms with Crippen LogP contribution in [0, 0.1) is 5.82 Å². The molecule has 0 atom stereocenters. The topological polar surface area (TPSA) is 51.1 Å². The highest BCUT2D eigenvalue weighted by Gasteiger charge is 2.16. The highest BCUT2D eigenvalue weighted by Crippen LogP contribution is 2.17. The molecule has 1 aromatic heterocycles. The SMILES string of the molecule is Cn1cc(C(=O)Nc2cccc(Cl)c2)c(=O)c2cccc(F)c21. The zero-order chi connectivity index (χ0) is 16.6. The zero-order valence-electron chi connectivity index (χ0n) is 12.1. The number of amides is 1. The van der Waals surface area contributed by atoms with E-state index in [-0.39, 0.29) is 16.5 Å². The van der Waals surface area contributed by atoms with Crippen LogP contribution in [0.1, 0.15) is 10.4 Å². The van der Waals surface area contributed by atoms with Gasteiger partial charge in [0.1, 0.15) is 11.4 Å². The molecular weight excluding hydrogens is 319 g/mol. The Balaban J connectivity index is 2.08. The molecule has 0 aliphatic carbocycles. The molecule has 0 aliphatic rings. The number of aryl methyl sites for hydroxylation is 1. The third-order valence-corrected chi connectivity index (χ3v) is 3.71. The summed E-state index contributed by atoms with van der Waals surface area (Å²) < 4.78 is 15.3. The van der Waals surface area contributed by atoms with Crippen molar-refractivity contribution >= 4 is 34.1 Å². The Labute approximate surface area is 136 Å². The van der Waals surface area contributed by atoms with Crippen molar-refractivity contribution in [1.29, 1.82) is 0 Å². The average molecular weight is 331 g/mol. The van der Waals surface area contributed by atoms with Gasteiger partial charge in [-0.15, -0.1) is 0 Å². The maximum atomic E-state index is 13.9. The van der Waals surface area contributed by atoms with E-state index in [1.807, 2.05) is 0 Å². The molecule has 0 radical (unpaired) electrons. The highest BCUT2D eigenvalue weighted by molar-refractivity contribution is 6.31. The first kappa shape index (κ1) is 15.2. The third kappa shape index (κ3) is 2.83. The summed E-state index contributed by atoms with van der Waals surface area (Å²) in [5.41, 5.74) is 0.0587. The van der Waals surface area contributed by atoms with Crippen molar-refractivity contribution in [2.24, 2.45) is 7.05 Å². The summed E-state index contributed by atoms with van der Waals surface area (Å²) >= 11 is 5.87. The maximum absolute atomic E-state index is 13.9. The van der Waals surface area contributed by atoms with Crippen LogP contribution in [-0.4, -0.2) is 10.5 Å². The molecule has 1 amide bonds. The second kappa shape index (κ2) is 5.85.